The molecule has 110 valence electrons. The van der Waals surface area contributed by atoms with Crippen molar-refractivity contribution < 1.29 is 19.0 Å². The maximum Gasteiger partial charge on any atom is 0.257 e. The third-order valence-electron chi connectivity index (χ3n) is 3.24. The summed E-state index contributed by atoms with van der Waals surface area (Å²) in [7, 11) is 3.11. The Labute approximate surface area is 123 Å². The van der Waals surface area contributed by atoms with Crippen LogP contribution in [-0.4, -0.2) is 56.7 Å². The molecule has 5 nitrogen and oxygen atoms in total. The zero-order chi connectivity index (χ0) is 14.5. The second-order valence-corrected chi connectivity index (χ2v) is 4.77. The predicted molar refractivity (Wildman–Crippen MR) is 75.9 cm³/mol. The van der Waals surface area contributed by atoms with Gasteiger partial charge in [0, 0.05) is 19.2 Å². The van der Waals surface area contributed by atoms with Crippen molar-refractivity contribution in [3.8, 4) is 11.5 Å². The lowest BCUT2D eigenvalue weighted by Crippen LogP contribution is -2.46. The Morgan fingerprint density at radius 3 is 2.90 bits per heavy atom. The van der Waals surface area contributed by atoms with Crippen molar-refractivity contribution in [3.63, 3.8) is 0 Å². The second-order valence-electron chi connectivity index (χ2n) is 4.46. The average Bonchev–Trinajstić information content (AvgIpc) is 2.53. The van der Waals surface area contributed by atoms with E-state index in [4.69, 9.17) is 25.8 Å². The fourth-order valence-electron chi connectivity index (χ4n) is 2.14. The highest BCUT2D eigenvalue weighted by atomic mass is 35.5. The molecule has 20 heavy (non-hydrogen) atoms. The van der Waals surface area contributed by atoms with Gasteiger partial charge in [0.1, 0.15) is 11.5 Å². The Hall–Kier alpha value is -1.46. The minimum Gasteiger partial charge on any atom is -0.497 e. The molecule has 1 aromatic rings. The number of benzene rings is 1. The van der Waals surface area contributed by atoms with Gasteiger partial charge in [-0.3, -0.25) is 4.79 Å². The fourth-order valence-corrected chi connectivity index (χ4v) is 2.33. The van der Waals surface area contributed by atoms with E-state index in [1.807, 2.05) is 0 Å². The van der Waals surface area contributed by atoms with Gasteiger partial charge in [-0.15, -0.1) is 11.6 Å². The summed E-state index contributed by atoms with van der Waals surface area (Å²) in [5, 5.41) is 0. The number of methoxy groups -OCH3 is 2. The Morgan fingerprint density at radius 2 is 2.25 bits per heavy atom. The Bertz CT molecular complexity index is 480. The molecular formula is C14H18ClNO4. The largest absolute Gasteiger partial charge is 0.497 e. The van der Waals surface area contributed by atoms with E-state index >= 15 is 0 Å². The van der Waals surface area contributed by atoms with Crippen LogP contribution in [0, 0.1) is 0 Å². The second kappa shape index (κ2) is 6.81. The number of morpholine rings is 1. The van der Waals surface area contributed by atoms with Crippen LogP contribution in [0.5, 0.6) is 11.5 Å². The van der Waals surface area contributed by atoms with E-state index in [0.717, 1.165) is 0 Å². The Morgan fingerprint density at radius 1 is 1.45 bits per heavy atom. The lowest BCUT2D eigenvalue weighted by molar-refractivity contribution is -0.0109. The van der Waals surface area contributed by atoms with Crippen LogP contribution >= 0.6 is 11.6 Å². The van der Waals surface area contributed by atoms with Crippen LogP contribution in [0.1, 0.15) is 10.4 Å². The molecular weight excluding hydrogens is 282 g/mol. The van der Waals surface area contributed by atoms with Crippen LogP contribution in [0.3, 0.4) is 0 Å². The molecule has 1 aliphatic rings. The lowest BCUT2D eigenvalue weighted by atomic mass is 10.1. The van der Waals surface area contributed by atoms with Crippen LogP contribution in [0.2, 0.25) is 0 Å². The molecule has 1 fully saturated rings. The molecule has 0 spiro atoms. The molecule has 0 aliphatic carbocycles. The highest BCUT2D eigenvalue weighted by Crippen LogP contribution is 2.26. The first-order chi connectivity index (χ1) is 9.69. The van der Waals surface area contributed by atoms with Crippen molar-refractivity contribution in [2.45, 2.75) is 6.10 Å². The molecule has 1 aromatic carbocycles. The summed E-state index contributed by atoms with van der Waals surface area (Å²) in [6.07, 6.45) is -0.112. The van der Waals surface area contributed by atoms with E-state index in [2.05, 4.69) is 0 Å². The summed E-state index contributed by atoms with van der Waals surface area (Å²) >= 11 is 5.79. The Kier molecular flexibility index (Phi) is 5.09. The molecule has 1 heterocycles. The van der Waals surface area contributed by atoms with Crippen LogP contribution < -0.4 is 9.47 Å². The van der Waals surface area contributed by atoms with Crippen molar-refractivity contribution >= 4 is 17.5 Å². The summed E-state index contributed by atoms with van der Waals surface area (Å²) in [6, 6.07) is 5.16. The first-order valence-corrected chi connectivity index (χ1v) is 6.92. The average molecular weight is 300 g/mol. The number of hydrogen-bond acceptors (Lipinski definition) is 4. The molecule has 6 heteroatoms. The number of halogens is 1. The molecule has 0 radical (unpaired) electrons. The van der Waals surface area contributed by atoms with Crippen molar-refractivity contribution in [2.24, 2.45) is 0 Å². The molecule has 1 saturated heterocycles. The monoisotopic (exact) mass is 299 g/mol. The highest BCUT2D eigenvalue weighted by molar-refractivity contribution is 6.18. The number of hydrogen-bond donors (Lipinski definition) is 0. The van der Waals surface area contributed by atoms with Gasteiger partial charge in [0.25, 0.3) is 5.91 Å². The van der Waals surface area contributed by atoms with Crippen molar-refractivity contribution in [2.75, 3.05) is 39.8 Å². The van der Waals surface area contributed by atoms with E-state index in [1.54, 1.807) is 30.2 Å². The van der Waals surface area contributed by atoms with Crippen LogP contribution in [-0.2, 0) is 4.74 Å². The maximum absolute atomic E-state index is 12.5. The third-order valence-corrected chi connectivity index (χ3v) is 3.58. The van der Waals surface area contributed by atoms with E-state index < -0.39 is 0 Å². The van der Waals surface area contributed by atoms with Crippen molar-refractivity contribution in [1.82, 2.24) is 4.90 Å². The fraction of sp³-hybridized carbons (Fsp3) is 0.500. The SMILES string of the molecule is COc1ccc(C(=O)N2CCOC(CCl)C2)c(OC)c1. The van der Waals surface area contributed by atoms with E-state index in [-0.39, 0.29) is 12.0 Å². The molecule has 1 aliphatic heterocycles. The van der Waals surface area contributed by atoms with Gasteiger partial charge in [-0.05, 0) is 12.1 Å². The number of amides is 1. The molecule has 2 rings (SSSR count). The normalized spacial score (nSPS) is 18.8. The molecule has 0 aromatic heterocycles. The summed E-state index contributed by atoms with van der Waals surface area (Å²) in [5.74, 6) is 1.45. The molecule has 1 atom stereocenters. The van der Waals surface area contributed by atoms with Crippen LogP contribution in [0.25, 0.3) is 0 Å². The van der Waals surface area contributed by atoms with E-state index in [9.17, 15) is 4.79 Å². The topological polar surface area (TPSA) is 48.0 Å². The van der Waals surface area contributed by atoms with E-state index in [1.165, 1.54) is 7.11 Å². The molecule has 1 amide bonds. The number of alkyl halides is 1. The molecule has 0 N–H and O–H groups in total. The van der Waals surface area contributed by atoms with Crippen LogP contribution in [0.4, 0.5) is 0 Å². The van der Waals surface area contributed by atoms with Crippen LogP contribution in [0.15, 0.2) is 18.2 Å². The zero-order valence-electron chi connectivity index (χ0n) is 11.6. The zero-order valence-corrected chi connectivity index (χ0v) is 12.4. The van der Waals surface area contributed by atoms with Gasteiger partial charge < -0.3 is 19.1 Å². The Balaban J connectivity index is 2.19. The number of rotatable bonds is 4. The number of ether oxygens (including phenoxy) is 3. The van der Waals surface area contributed by atoms with Gasteiger partial charge in [0.05, 0.1) is 38.4 Å². The predicted octanol–water partition coefficient (Wildman–Crippen LogP) is 1.78. The minimum atomic E-state index is -0.112. The van der Waals surface area contributed by atoms with E-state index in [0.29, 0.717) is 42.6 Å². The third kappa shape index (κ3) is 3.16. The standard InChI is InChI=1S/C14H18ClNO4/c1-18-10-3-4-12(13(7-10)19-2)14(17)16-5-6-20-11(8-15)9-16/h3-4,7,11H,5-6,8-9H2,1-2H3. The minimum absolute atomic E-state index is 0.0806. The maximum atomic E-state index is 12.5. The van der Waals surface area contributed by atoms with Gasteiger partial charge in [0.2, 0.25) is 0 Å². The van der Waals surface area contributed by atoms with Gasteiger partial charge in [-0.1, -0.05) is 0 Å². The number of carbonyl (C=O) groups excluding carboxylic acids is 1. The van der Waals surface area contributed by atoms with Gasteiger partial charge >= 0.3 is 0 Å². The summed E-state index contributed by atoms with van der Waals surface area (Å²) in [6.45, 7) is 1.56. The molecule has 0 bridgehead atoms. The van der Waals surface area contributed by atoms with Gasteiger partial charge in [0.15, 0.2) is 0 Å². The first kappa shape index (κ1) is 14.9. The summed E-state index contributed by atoms with van der Waals surface area (Å²) in [4.78, 5) is 14.3. The van der Waals surface area contributed by atoms with Crippen molar-refractivity contribution in [3.05, 3.63) is 23.8 Å². The summed E-state index contributed by atoms with van der Waals surface area (Å²) in [5.41, 5.74) is 0.517. The molecule has 0 saturated carbocycles. The summed E-state index contributed by atoms with van der Waals surface area (Å²) < 4.78 is 15.9. The smallest absolute Gasteiger partial charge is 0.257 e. The number of carbonyl (C=O) groups is 1. The number of nitrogens with zero attached hydrogens (tertiary/aromatic N) is 1. The lowest BCUT2D eigenvalue weighted by Gasteiger charge is -2.32. The first-order valence-electron chi connectivity index (χ1n) is 6.38. The highest BCUT2D eigenvalue weighted by Gasteiger charge is 2.26. The quantitative estimate of drug-likeness (QED) is 0.795. The van der Waals surface area contributed by atoms with Gasteiger partial charge in [-0.2, -0.15) is 0 Å². The molecule has 1 unspecified atom stereocenters. The van der Waals surface area contributed by atoms with Crippen molar-refractivity contribution in [1.29, 1.82) is 0 Å². The van der Waals surface area contributed by atoms with Gasteiger partial charge in [-0.25, -0.2) is 0 Å².